The van der Waals surface area contributed by atoms with Crippen LogP contribution in [0.5, 0.6) is 0 Å². The Morgan fingerprint density at radius 3 is 1.86 bits per heavy atom. The van der Waals surface area contributed by atoms with Gasteiger partial charge in [-0.2, -0.15) is 0 Å². The van der Waals surface area contributed by atoms with Crippen LogP contribution in [0.3, 0.4) is 0 Å². The van der Waals surface area contributed by atoms with Gasteiger partial charge in [-0.3, -0.25) is 4.99 Å². The van der Waals surface area contributed by atoms with E-state index in [1.165, 1.54) is 11.1 Å². The van der Waals surface area contributed by atoms with Gasteiger partial charge in [-0.25, -0.2) is 0 Å². The van der Waals surface area contributed by atoms with Crippen LogP contribution >= 0.6 is 0 Å². The number of allylic oxidation sites excluding steroid dienone is 1. The Labute approximate surface area is 324 Å². The van der Waals surface area contributed by atoms with E-state index in [1.807, 2.05) is 12.1 Å². The normalized spacial score (nSPS) is 14.2. The first-order chi connectivity index (χ1) is 27.8. The third-order valence-corrected chi connectivity index (χ3v) is 11.0. The fourth-order valence-electron chi connectivity index (χ4n) is 8.42. The van der Waals surface area contributed by atoms with E-state index in [1.54, 1.807) is 0 Å². The monoisotopic (exact) mass is 717 g/mol. The smallest absolute Gasteiger partial charge is 0.159 e. The van der Waals surface area contributed by atoms with Gasteiger partial charge in [0.15, 0.2) is 5.58 Å². The third kappa shape index (κ3) is 5.34. The summed E-state index contributed by atoms with van der Waals surface area (Å²) in [6.45, 7) is 0. The van der Waals surface area contributed by atoms with Gasteiger partial charge in [0.05, 0.1) is 22.4 Å². The zero-order chi connectivity index (χ0) is 37.0. The molecule has 4 heteroatoms. The van der Waals surface area contributed by atoms with Crippen LogP contribution in [0.25, 0.3) is 77.4 Å². The fourth-order valence-corrected chi connectivity index (χ4v) is 8.42. The summed E-state index contributed by atoms with van der Waals surface area (Å²) in [7, 11) is 0. The minimum atomic E-state index is -0.327. The van der Waals surface area contributed by atoms with Crippen LogP contribution in [0.1, 0.15) is 22.9 Å². The molecule has 1 atom stereocenters. The Kier molecular flexibility index (Phi) is 7.52. The number of rotatable bonds is 6. The number of hydrogen-bond acceptors (Lipinski definition) is 3. The second-order valence-corrected chi connectivity index (χ2v) is 14.4. The molecular weight excluding hydrogens is 683 g/mol. The second kappa shape index (κ2) is 13.2. The molecule has 8 aromatic carbocycles. The Bertz CT molecular complexity index is 3150. The molecule has 4 nitrogen and oxygen atoms in total. The summed E-state index contributed by atoms with van der Waals surface area (Å²) in [4.78, 5) is 5.40. The standard InChI is InChI=1S/C52H35N3O/c1-4-16-34(17-5-1)37-22-14-23-38(30-37)39-31-43-40-24-11-13-29-49(40)56-51(43)48(32-39)55-46-27-12-10-25-41(46)50-42(26-15-28-47(50)55)52-53-44(35-18-6-2-7-19-35)33-45(54-52)36-20-8-3-9-21-36/h1-33,52-53H. The van der Waals surface area contributed by atoms with Crippen molar-refractivity contribution in [2.24, 2.45) is 4.99 Å². The second-order valence-electron chi connectivity index (χ2n) is 14.4. The van der Waals surface area contributed by atoms with Crippen molar-refractivity contribution in [2.45, 2.75) is 6.17 Å². The summed E-state index contributed by atoms with van der Waals surface area (Å²) < 4.78 is 9.19. The Morgan fingerprint density at radius 2 is 1.07 bits per heavy atom. The summed E-state index contributed by atoms with van der Waals surface area (Å²) in [5.41, 5.74) is 14.9. The number of benzene rings is 8. The van der Waals surface area contributed by atoms with Crippen molar-refractivity contribution in [1.82, 2.24) is 9.88 Å². The molecular formula is C52H35N3O. The van der Waals surface area contributed by atoms with Gasteiger partial charge in [0.25, 0.3) is 0 Å². The lowest BCUT2D eigenvalue weighted by Gasteiger charge is -2.25. The fraction of sp³-hybridized carbons (Fsp3) is 0.0192. The highest BCUT2D eigenvalue weighted by atomic mass is 16.3. The van der Waals surface area contributed by atoms with Gasteiger partial charge in [0.1, 0.15) is 11.7 Å². The lowest BCUT2D eigenvalue weighted by atomic mass is 9.97. The molecule has 56 heavy (non-hydrogen) atoms. The minimum absolute atomic E-state index is 0.327. The summed E-state index contributed by atoms with van der Waals surface area (Å²) in [5.74, 6) is 0. The molecule has 0 fully saturated rings. The average Bonchev–Trinajstić information content (AvgIpc) is 3.83. The maximum absolute atomic E-state index is 6.80. The van der Waals surface area contributed by atoms with Gasteiger partial charge in [-0.15, -0.1) is 0 Å². The first-order valence-electron chi connectivity index (χ1n) is 19.1. The van der Waals surface area contributed by atoms with E-state index in [9.17, 15) is 0 Å². The number of nitrogens with zero attached hydrogens (tertiary/aromatic N) is 2. The molecule has 1 aliphatic heterocycles. The molecule has 1 aliphatic rings. The van der Waals surface area contributed by atoms with Gasteiger partial charge < -0.3 is 14.3 Å². The van der Waals surface area contributed by atoms with Crippen molar-refractivity contribution in [1.29, 1.82) is 0 Å². The van der Waals surface area contributed by atoms with E-state index in [4.69, 9.17) is 9.41 Å². The molecule has 0 bridgehead atoms. The molecule has 0 saturated carbocycles. The number of nitrogens with one attached hydrogen (secondary N) is 1. The third-order valence-electron chi connectivity index (χ3n) is 11.0. The van der Waals surface area contributed by atoms with Crippen LogP contribution in [0.15, 0.2) is 210 Å². The van der Waals surface area contributed by atoms with Crippen molar-refractivity contribution in [2.75, 3.05) is 0 Å². The van der Waals surface area contributed by atoms with E-state index in [2.05, 4.69) is 198 Å². The number of aromatic nitrogens is 1. The van der Waals surface area contributed by atoms with Gasteiger partial charge in [0.2, 0.25) is 0 Å². The van der Waals surface area contributed by atoms with Crippen LogP contribution in [-0.4, -0.2) is 10.3 Å². The molecule has 0 amide bonds. The molecule has 264 valence electrons. The van der Waals surface area contributed by atoms with Gasteiger partial charge in [-0.05, 0) is 75.9 Å². The van der Waals surface area contributed by atoms with E-state index >= 15 is 0 Å². The summed E-state index contributed by atoms with van der Waals surface area (Å²) in [6, 6.07) is 68.7. The number of aliphatic imine (C=N–C) groups is 1. The Hall–Kier alpha value is -7.43. The quantitative estimate of drug-likeness (QED) is 0.186. The highest BCUT2D eigenvalue weighted by molar-refractivity contribution is 6.16. The Balaban J connectivity index is 1.16. The zero-order valence-corrected chi connectivity index (χ0v) is 30.4. The first-order valence-corrected chi connectivity index (χ1v) is 19.1. The summed E-state index contributed by atoms with van der Waals surface area (Å²) in [5, 5.41) is 8.34. The summed E-state index contributed by atoms with van der Waals surface area (Å²) >= 11 is 0. The zero-order valence-electron chi connectivity index (χ0n) is 30.4. The van der Waals surface area contributed by atoms with Gasteiger partial charge in [0, 0.05) is 32.8 Å². The molecule has 1 unspecified atom stereocenters. The average molecular weight is 718 g/mol. The van der Waals surface area contributed by atoms with Crippen LogP contribution in [0.2, 0.25) is 0 Å². The van der Waals surface area contributed by atoms with Gasteiger partial charge >= 0.3 is 0 Å². The lowest BCUT2D eigenvalue weighted by Crippen LogP contribution is -2.25. The maximum atomic E-state index is 6.80. The molecule has 11 rings (SSSR count). The topological polar surface area (TPSA) is 42.5 Å². The summed E-state index contributed by atoms with van der Waals surface area (Å²) in [6.07, 6.45) is 1.84. The highest BCUT2D eigenvalue weighted by Gasteiger charge is 2.26. The molecule has 0 radical (unpaired) electrons. The van der Waals surface area contributed by atoms with Crippen LogP contribution in [-0.2, 0) is 0 Å². The number of fused-ring (bicyclic) bond motifs is 6. The number of para-hydroxylation sites is 2. The highest BCUT2D eigenvalue weighted by Crippen LogP contribution is 2.43. The van der Waals surface area contributed by atoms with Crippen molar-refractivity contribution < 1.29 is 4.42 Å². The van der Waals surface area contributed by atoms with Gasteiger partial charge in [-0.1, -0.05) is 158 Å². The number of hydrogen-bond donors (Lipinski definition) is 1. The van der Waals surface area contributed by atoms with Crippen LogP contribution < -0.4 is 5.32 Å². The lowest BCUT2D eigenvalue weighted by molar-refractivity contribution is 0.666. The molecule has 0 spiro atoms. The van der Waals surface area contributed by atoms with E-state index in [0.717, 1.165) is 88.7 Å². The predicted molar refractivity (Wildman–Crippen MR) is 232 cm³/mol. The SMILES string of the molecule is C1=C(c2ccccc2)NC(c2cccc3c2c2ccccc2n3-c2cc(-c3cccc(-c4ccccc4)c3)cc3c2oc2ccccc23)N=C1c1ccccc1. The number of furan rings is 1. The van der Waals surface area contributed by atoms with Crippen molar-refractivity contribution in [3.05, 3.63) is 217 Å². The molecule has 10 aromatic rings. The Morgan fingerprint density at radius 1 is 0.464 bits per heavy atom. The van der Waals surface area contributed by atoms with E-state index in [-0.39, 0.29) is 6.17 Å². The molecule has 1 N–H and O–H groups in total. The largest absolute Gasteiger partial charge is 0.454 e. The van der Waals surface area contributed by atoms with Crippen LogP contribution in [0.4, 0.5) is 0 Å². The molecule has 3 heterocycles. The van der Waals surface area contributed by atoms with Crippen LogP contribution in [0, 0.1) is 0 Å². The molecule has 0 aliphatic carbocycles. The van der Waals surface area contributed by atoms with Crippen molar-refractivity contribution in [3.8, 4) is 27.9 Å². The van der Waals surface area contributed by atoms with E-state index in [0.29, 0.717) is 0 Å². The molecule has 0 saturated heterocycles. The first kappa shape index (κ1) is 32.0. The molecule has 2 aromatic heterocycles. The van der Waals surface area contributed by atoms with E-state index < -0.39 is 0 Å². The minimum Gasteiger partial charge on any atom is -0.454 e. The van der Waals surface area contributed by atoms with Crippen molar-refractivity contribution >= 4 is 55.2 Å². The van der Waals surface area contributed by atoms with Crippen molar-refractivity contribution in [3.63, 3.8) is 0 Å². The maximum Gasteiger partial charge on any atom is 0.159 e. The predicted octanol–water partition coefficient (Wildman–Crippen LogP) is 13.1.